The van der Waals surface area contributed by atoms with Gasteiger partial charge in [-0.3, -0.25) is 0 Å². The molecule has 1 aliphatic rings. The average Bonchev–Trinajstić information content (AvgIpc) is 2.19. The first-order valence-corrected chi connectivity index (χ1v) is 2.58. The minimum Gasteiger partial charge on any atom is -0.317 e. The zero-order valence-corrected chi connectivity index (χ0v) is 4.46. The molecule has 8 heavy (non-hydrogen) atoms. The Balaban J connectivity index is 2.06. The third-order valence-corrected chi connectivity index (χ3v) is 1.05. The van der Waals surface area contributed by atoms with Gasteiger partial charge in [0, 0.05) is 6.42 Å². The fourth-order valence-corrected chi connectivity index (χ4v) is 0.610. The first-order valence-electron chi connectivity index (χ1n) is 2.58. The summed E-state index contributed by atoms with van der Waals surface area (Å²) in [4.78, 5) is 9.23. The molecule has 0 aliphatic carbocycles. The molecule has 0 saturated carbocycles. The van der Waals surface area contributed by atoms with Gasteiger partial charge in [-0.05, 0) is 0 Å². The summed E-state index contributed by atoms with van der Waals surface area (Å²) in [7, 11) is 0. The molecule has 0 radical (unpaired) electrons. The molecule has 0 aromatic heterocycles. The Morgan fingerprint density at radius 1 is 1.75 bits per heavy atom. The maximum Gasteiger partial charge on any atom is 0.110 e. The first kappa shape index (κ1) is 5.97. The highest BCUT2D eigenvalue weighted by molar-refractivity contribution is 4.58. The Bertz CT molecular complexity index is 62.3. The lowest BCUT2D eigenvalue weighted by Crippen LogP contribution is -2.22. The Labute approximate surface area is 47.3 Å². The minimum atomic E-state index is 0.0278. The maximum absolute atomic E-state index is 8.14. The highest BCUT2D eigenvalue weighted by Crippen LogP contribution is 2.06. The van der Waals surface area contributed by atoms with Gasteiger partial charge in [-0.15, -0.1) is 0 Å². The van der Waals surface area contributed by atoms with Crippen LogP contribution in [0.1, 0.15) is 6.42 Å². The summed E-state index contributed by atoms with van der Waals surface area (Å²) in [6, 6.07) is 0. The molecule has 2 N–H and O–H groups in total. The standard InChI is InChI=1S/C4H9NO3/c6-5-3-4-1-2-7-8-4/h4-6H,1-3H2. The van der Waals surface area contributed by atoms with E-state index in [4.69, 9.17) is 5.21 Å². The SMILES string of the molecule is ONCC1CCOO1. The Kier molecular flexibility index (Phi) is 2.23. The van der Waals surface area contributed by atoms with Crippen molar-refractivity contribution in [1.29, 1.82) is 0 Å². The van der Waals surface area contributed by atoms with Gasteiger partial charge < -0.3 is 5.21 Å². The van der Waals surface area contributed by atoms with E-state index < -0.39 is 0 Å². The van der Waals surface area contributed by atoms with Gasteiger partial charge in [-0.2, -0.15) is 0 Å². The van der Waals surface area contributed by atoms with E-state index in [2.05, 4.69) is 9.78 Å². The lowest BCUT2D eigenvalue weighted by molar-refractivity contribution is -0.274. The van der Waals surface area contributed by atoms with Crippen LogP contribution in [0, 0.1) is 0 Å². The molecule has 1 rings (SSSR count). The number of hydrogen-bond acceptors (Lipinski definition) is 4. The maximum atomic E-state index is 8.14. The van der Waals surface area contributed by atoms with E-state index in [9.17, 15) is 0 Å². The highest BCUT2D eigenvalue weighted by Gasteiger charge is 2.15. The Hall–Kier alpha value is -0.160. The number of nitrogens with one attached hydrogen (secondary N) is 1. The van der Waals surface area contributed by atoms with E-state index in [1.165, 1.54) is 0 Å². The first-order chi connectivity index (χ1) is 3.93. The van der Waals surface area contributed by atoms with Gasteiger partial charge in [-0.1, -0.05) is 0 Å². The van der Waals surface area contributed by atoms with Crippen molar-refractivity contribution in [3.63, 3.8) is 0 Å². The molecular weight excluding hydrogens is 110 g/mol. The van der Waals surface area contributed by atoms with Crippen LogP contribution in [0.3, 0.4) is 0 Å². The predicted octanol–water partition coefficient (Wildman–Crippen LogP) is -0.314. The quantitative estimate of drug-likeness (QED) is 0.386. The van der Waals surface area contributed by atoms with E-state index in [1.807, 2.05) is 5.48 Å². The third-order valence-electron chi connectivity index (χ3n) is 1.05. The van der Waals surface area contributed by atoms with Crippen molar-refractivity contribution in [2.75, 3.05) is 13.2 Å². The van der Waals surface area contributed by atoms with Crippen molar-refractivity contribution < 1.29 is 15.0 Å². The van der Waals surface area contributed by atoms with Gasteiger partial charge in [0.1, 0.15) is 6.10 Å². The Morgan fingerprint density at radius 3 is 3.12 bits per heavy atom. The van der Waals surface area contributed by atoms with Crippen LogP contribution >= 0.6 is 0 Å². The summed E-state index contributed by atoms with van der Waals surface area (Å²) in [6.45, 7) is 1.08. The molecule has 4 heteroatoms. The average molecular weight is 119 g/mol. The molecule has 0 aromatic rings. The molecule has 0 aromatic carbocycles. The molecule has 0 amide bonds. The van der Waals surface area contributed by atoms with Crippen LogP contribution in [0.2, 0.25) is 0 Å². The molecule has 0 bridgehead atoms. The van der Waals surface area contributed by atoms with Crippen LogP contribution in [-0.4, -0.2) is 24.5 Å². The van der Waals surface area contributed by atoms with Gasteiger partial charge in [-0.25, -0.2) is 15.3 Å². The summed E-state index contributed by atoms with van der Waals surface area (Å²) >= 11 is 0. The lowest BCUT2D eigenvalue weighted by Gasteiger charge is -2.01. The van der Waals surface area contributed by atoms with E-state index in [1.54, 1.807) is 0 Å². The van der Waals surface area contributed by atoms with Gasteiger partial charge >= 0.3 is 0 Å². The summed E-state index contributed by atoms with van der Waals surface area (Å²) in [6.07, 6.45) is 0.882. The fraction of sp³-hybridized carbons (Fsp3) is 1.00. The van der Waals surface area contributed by atoms with Crippen LogP contribution in [-0.2, 0) is 9.78 Å². The number of hydrogen-bond donors (Lipinski definition) is 2. The summed E-state index contributed by atoms with van der Waals surface area (Å²) in [5, 5.41) is 8.14. The van der Waals surface area contributed by atoms with Gasteiger partial charge in [0.25, 0.3) is 0 Å². The van der Waals surface area contributed by atoms with Crippen molar-refractivity contribution in [2.24, 2.45) is 0 Å². The van der Waals surface area contributed by atoms with Gasteiger partial charge in [0.05, 0.1) is 13.2 Å². The molecule has 1 atom stereocenters. The van der Waals surface area contributed by atoms with Crippen LogP contribution in [0.25, 0.3) is 0 Å². The molecule has 1 unspecified atom stereocenters. The normalized spacial score (nSPS) is 28.9. The van der Waals surface area contributed by atoms with Crippen LogP contribution in [0.5, 0.6) is 0 Å². The van der Waals surface area contributed by atoms with Crippen molar-refractivity contribution in [1.82, 2.24) is 5.48 Å². The second-order valence-corrected chi connectivity index (χ2v) is 1.69. The molecule has 1 fully saturated rings. The monoisotopic (exact) mass is 119 g/mol. The van der Waals surface area contributed by atoms with E-state index in [0.29, 0.717) is 13.2 Å². The van der Waals surface area contributed by atoms with E-state index >= 15 is 0 Å². The number of rotatable bonds is 2. The fourth-order valence-electron chi connectivity index (χ4n) is 0.610. The van der Waals surface area contributed by atoms with Gasteiger partial charge in [0.15, 0.2) is 0 Å². The second-order valence-electron chi connectivity index (χ2n) is 1.69. The van der Waals surface area contributed by atoms with Crippen LogP contribution in [0.4, 0.5) is 0 Å². The molecule has 4 nitrogen and oxygen atoms in total. The lowest BCUT2D eigenvalue weighted by atomic mass is 10.3. The van der Waals surface area contributed by atoms with Gasteiger partial charge in [0.2, 0.25) is 0 Å². The topological polar surface area (TPSA) is 50.7 Å². The largest absolute Gasteiger partial charge is 0.317 e. The van der Waals surface area contributed by atoms with Crippen molar-refractivity contribution in [3.05, 3.63) is 0 Å². The van der Waals surface area contributed by atoms with E-state index in [0.717, 1.165) is 6.42 Å². The minimum absolute atomic E-state index is 0.0278. The summed E-state index contributed by atoms with van der Waals surface area (Å²) < 4.78 is 0. The molecule has 1 aliphatic heterocycles. The van der Waals surface area contributed by atoms with Crippen LogP contribution < -0.4 is 5.48 Å². The summed E-state index contributed by atoms with van der Waals surface area (Å²) in [5.41, 5.74) is 2.00. The number of hydroxylamine groups is 1. The molecule has 1 saturated heterocycles. The van der Waals surface area contributed by atoms with Crippen LogP contribution in [0.15, 0.2) is 0 Å². The van der Waals surface area contributed by atoms with Crippen molar-refractivity contribution in [2.45, 2.75) is 12.5 Å². The second kappa shape index (κ2) is 2.99. The molecule has 0 spiro atoms. The third kappa shape index (κ3) is 1.41. The molecular formula is C4H9NO3. The molecule has 48 valence electrons. The zero-order chi connectivity index (χ0) is 5.82. The predicted molar refractivity (Wildman–Crippen MR) is 25.2 cm³/mol. The molecule has 1 heterocycles. The van der Waals surface area contributed by atoms with Crippen molar-refractivity contribution in [3.8, 4) is 0 Å². The summed E-state index contributed by atoms with van der Waals surface area (Å²) in [5.74, 6) is 0. The van der Waals surface area contributed by atoms with Crippen molar-refractivity contribution >= 4 is 0 Å². The Morgan fingerprint density at radius 2 is 2.62 bits per heavy atom. The zero-order valence-electron chi connectivity index (χ0n) is 4.46. The smallest absolute Gasteiger partial charge is 0.110 e. The highest BCUT2D eigenvalue weighted by atomic mass is 17.2. The van der Waals surface area contributed by atoms with E-state index in [-0.39, 0.29) is 6.10 Å².